The first-order chi connectivity index (χ1) is 10.2. The first-order valence-corrected chi connectivity index (χ1v) is 7.75. The molecule has 1 aliphatic carbocycles. The normalized spacial score (nSPS) is 16.4. The smallest absolute Gasteiger partial charge is 0.323 e. The molecule has 2 aromatic rings. The quantitative estimate of drug-likeness (QED) is 0.653. The average molecular weight is 289 g/mol. The summed E-state index contributed by atoms with van der Waals surface area (Å²) < 4.78 is 5.62. The van der Waals surface area contributed by atoms with Gasteiger partial charge in [-0.1, -0.05) is 6.07 Å². The molecule has 1 aliphatic rings. The Hall–Kier alpha value is -1.59. The lowest BCUT2D eigenvalue weighted by Gasteiger charge is -2.14. The summed E-state index contributed by atoms with van der Waals surface area (Å²) in [5, 5.41) is 3.49. The number of H-pyrrole nitrogens is 2. The van der Waals surface area contributed by atoms with Crippen LogP contribution in [0.3, 0.4) is 0 Å². The fraction of sp³-hybridized carbons (Fsp3) is 0.562. The molecular formula is C16H23N3O2. The first-order valence-electron chi connectivity index (χ1n) is 7.75. The van der Waals surface area contributed by atoms with E-state index in [2.05, 4.69) is 22.2 Å². The number of imidazole rings is 1. The molecule has 1 aromatic carbocycles. The molecule has 5 heteroatoms. The summed E-state index contributed by atoms with van der Waals surface area (Å²) in [5.41, 5.74) is 2.73. The highest BCUT2D eigenvalue weighted by molar-refractivity contribution is 5.75. The second-order valence-corrected chi connectivity index (χ2v) is 5.93. The lowest BCUT2D eigenvalue weighted by molar-refractivity contribution is 0.121. The number of rotatable bonds is 8. The lowest BCUT2D eigenvalue weighted by atomic mass is 10.1. The molecule has 0 saturated heterocycles. The number of ether oxygens (including phenoxy) is 1. The molecule has 1 heterocycles. The Morgan fingerprint density at radius 3 is 2.95 bits per heavy atom. The topological polar surface area (TPSA) is 69.9 Å². The van der Waals surface area contributed by atoms with Gasteiger partial charge in [0.15, 0.2) is 0 Å². The Labute approximate surface area is 124 Å². The molecule has 0 bridgehead atoms. The number of fused-ring (bicyclic) bond motifs is 1. The summed E-state index contributed by atoms with van der Waals surface area (Å²) in [7, 11) is 0. The van der Waals surface area contributed by atoms with Crippen molar-refractivity contribution in [1.82, 2.24) is 15.3 Å². The zero-order valence-corrected chi connectivity index (χ0v) is 12.4. The number of benzene rings is 1. The van der Waals surface area contributed by atoms with Crippen molar-refractivity contribution in [2.75, 3.05) is 19.8 Å². The Kier molecular flexibility index (Phi) is 4.41. The summed E-state index contributed by atoms with van der Waals surface area (Å²) in [5.74, 6) is 0.840. The molecule has 5 nitrogen and oxygen atoms in total. The van der Waals surface area contributed by atoms with Crippen LogP contribution in [0.15, 0.2) is 23.0 Å². The predicted octanol–water partition coefficient (Wildman–Crippen LogP) is 2.32. The van der Waals surface area contributed by atoms with E-state index in [0.29, 0.717) is 0 Å². The van der Waals surface area contributed by atoms with Gasteiger partial charge in [-0.2, -0.15) is 0 Å². The maximum absolute atomic E-state index is 11.3. The highest BCUT2D eigenvalue weighted by atomic mass is 16.5. The summed E-state index contributed by atoms with van der Waals surface area (Å²) >= 11 is 0. The molecule has 1 atom stereocenters. The lowest BCUT2D eigenvalue weighted by Crippen LogP contribution is -2.21. The highest BCUT2D eigenvalue weighted by Gasteiger charge is 2.20. The van der Waals surface area contributed by atoms with Crippen LogP contribution in [0.4, 0.5) is 0 Å². The van der Waals surface area contributed by atoms with Gasteiger partial charge in [0.1, 0.15) is 0 Å². The molecule has 21 heavy (non-hydrogen) atoms. The number of hydrogen-bond donors (Lipinski definition) is 3. The zero-order valence-electron chi connectivity index (χ0n) is 12.4. The van der Waals surface area contributed by atoms with Gasteiger partial charge in [-0.05, 0) is 56.3 Å². The van der Waals surface area contributed by atoms with Crippen LogP contribution in [0.2, 0.25) is 0 Å². The van der Waals surface area contributed by atoms with Crippen molar-refractivity contribution >= 4 is 11.0 Å². The van der Waals surface area contributed by atoms with E-state index < -0.39 is 0 Å². The van der Waals surface area contributed by atoms with E-state index in [1.54, 1.807) is 0 Å². The van der Waals surface area contributed by atoms with Gasteiger partial charge in [-0.25, -0.2) is 4.79 Å². The van der Waals surface area contributed by atoms with Crippen LogP contribution in [0.25, 0.3) is 11.0 Å². The minimum Gasteiger partial charge on any atom is -0.381 e. The maximum Gasteiger partial charge on any atom is 0.323 e. The molecular weight excluding hydrogens is 266 g/mol. The van der Waals surface area contributed by atoms with E-state index in [1.165, 1.54) is 18.4 Å². The third-order valence-electron chi connectivity index (χ3n) is 4.01. The van der Waals surface area contributed by atoms with Crippen molar-refractivity contribution < 1.29 is 4.74 Å². The van der Waals surface area contributed by atoms with Crippen molar-refractivity contribution in [1.29, 1.82) is 0 Å². The molecule has 3 N–H and O–H groups in total. The Morgan fingerprint density at radius 1 is 1.33 bits per heavy atom. The summed E-state index contributed by atoms with van der Waals surface area (Å²) in [6, 6.07) is 6.28. The van der Waals surface area contributed by atoms with Gasteiger partial charge in [-0.15, -0.1) is 0 Å². The minimum absolute atomic E-state index is 0.157. The minimum atomic E-state index is -0.157. The maximum atomic E-state index is 11.3. The molecule has 1 fully saturated rings. The monoisotopic (exact) mass is 289 g/mol. The third-order valence-corrected chi connectivity index (χ3v) is 4.01. The van der Waals surface area contributed by atoms with Crippen LogP contribution in [0, 0.1) is 5.92 Å². The van der Waals surface area contributed by atoms with Crippen LogP contribution < -0.4 is 11.0 Å². The van der Waals surface area contributed by atoms with Crippen LogP contribution in [0.5, 0.6) is 0 Å². The fourth-order valence-electron chi connectivity index (χ4n) is 2.46. The molecule has 0 aliphatic heterocycles. The molecule has 0 amide bonds. The number of aromatic nitrogens is 2. The average Bonchev–Trinajstić information content (AvgIpc) is 3.21. The first kappa shape index (κ1) is 14.4. The number of aromatic amines is 2. The number of hydrogen-bond acceptors (Lipinski definition) is 3. The van der Waals surface area contributed by atoms with E-state index in [4.69, 9.17) is 4.74 Å². The Balaban J connectivity index is 1.44. The van der Waals surface area contributed by atoms with Crippen molar-refractivity contribution in [3.63, 3.8) is 0 Å². The van der Waals surface area contributed by atoms with E-state index in [-0.39, 0.29) is 11.7 Å². The summed E-state index contributed by atoms with van der Waals surface area (Å²) in [6.07, 6.45) is 3.72. The van der Waals surface area contributed by atoms with Crippen LogP contribution in [-0.4, -0.2) is 29.7 Å². The Morgan fingerprint density at radius 2 is 2.14 bits per heavy atom. The van der Waals surface area contributed by atoms with Crippen molar-refractivity contribution in [3.05, 3.63) is 34.2 Å². The van der Waals surface area contributed by atoms with E-state index in [0.717, 1.165) is 43.1 Å². The standard InChI is InChI=1S/C16H23N3O2/c1-11(17-7-2-8-21-10-12-3-4-12)13-5-6-14-15(9-13)19-16(20)18-14/h5-6,9,11-12,17H,2-4,7-8,10H2,1H3,(H2,18,19,20). The van der Waals surface area contributed by atoms with Crippen LogP contribution >= 0.6 is 0 Å². The molecule has 1 saturated carbocycles. The van der Waals surface area contributed by atoms with Gasteiger partial charge in [-0.3, -0.25) is 0 Å². The van der Waals surface area contributed by atoms with Crippen LogP contribution in [0.1, 0.15) is 37.8 Å². The molecule has 3 rings (SSSR count). The van der Waals surface area contributed by atoms with Gasteiger partial charge in [0, 0.05) is 19.3 Å². The van der Waals surface area contributed by atoms with Gasteiger partial charge in [0.2, 0.25) is 0 Å². The van der Waals surface area contributed by atoms with Gasteiger partial charge < -0.3 is 20.0 Å². The SMILES string of the molecule is CC(NCCCOCC1CC1)c1ccc2[nH]c(=O)[nH]c2c1. The predicted molar refractivity (Wildman–Crippen MR) is 83.5 cm³/mol. The second kappa shape index (κ2) is 6.45. The summed E-state index contributed by atoms with van der Waals surface area (Å²) in [6.45, 7) is 4.85. The van der Waals surface area contributed by atoms with Crippen molar-refractivity contribution in [2.45, 2.75) is 32.2 Å². The molecule has 0 spiro atoms. The summed E-state index contributed by atoms with van der Waals surface area (Å²) in [4.78, 5) is 16.8. The van der Waals surface area contributed by atoms with Crippen LogP contribution in [-0.2, 0) is 4.74 Å². The van der Waals surface area contributed by atoms with E-state index >= 15 is 0 Å². The molecule has 0 radical (unpaired) electrons. The largest absolute Gasteiger partial charge is 0.381 e. The van der Waals surface area contributed by atoms with Gasteiger partial charge in [0.05, 0.1) is 11.0 Å². The number of nitrogens with one attached hydrogen (secondary N) is 3. The molecule has 114 valence electrons. The zero-order chi connectivity index (χ0) is 14.7. The molecule has 1 aromatic heterocycles. The highest BCUT2D eigenvalue weighted by Crippen LogP contribution is 2.28. The second-order valence-electron chi connectivity index (χ2n) is 5.93. The van der Waals surface area contributed by atoms with Gasteiger partial charge in [0.25, 0.3) is 0 Å². The van der Waals surface area contributed by atoms with E-state index in [9.17, 15) is 4.79 Å². The third kappa shape index (κ3) is 3.95. The van der Waals surface area contributed by atoms with E-state index in [1.807, 2.05) is 18.2 Å². The Bertz CT molecular complexity index is 642. The fourth-order valence-corrected chi connectivity index (χ4v) is 2.46. The van der Waals surface area contributed by atoms with Crippen molar-refractivity contribution in [3.8, 4) is 0 Å². The van der Waals surface area contributed by atoms with Gasteiger partial charge >= 0.3 is 5.69 Å². The van der Waals surface area contributed by atoms with Crippen molar-refractivity contribution in [2.24, 2.45) is 5.92 Å². The molecule has 1 unspecified atom stereocenters.